The van der Waals surface area contributed by atoms with Gasteiger partial charge in [-0.3, -0.25) is 4.79 Å². The first-order valence-electron chi connectivity index (χ1n) is 9.44. The van der Waals surface area contributed by atoms with Gasteiger partial charge in [-0.15, -0.1) is 0 Å². The Kier molecular flexibility index (Phi) is 6.63. The first-order chi connectivity index (χ1) is 13.6. The van der Waals surface area contributed by atoms with Gasteiger partial charge in [0, 0.05) is 6.54 Å². The summed E-state index contributed by atoms with van der Waals surface area (Å²) in [6.07, 6.45) is 4.67. The van der Waals surface area contributed by atoms with Gasteiger partial charge in [0.15, 0.2) is 18.1 Å². The number of ether oxygens (including phenoxy) is 4. The molecular formula is C22H27NO5. The summed E-state index contributed by atoms with van der Waals surface area (Å²) in [6, 6.07) is 9.73. The maximum Gasteiger partial charge on any atom is 0.258 e. The summed E-state index contributed by atoms with van der Waals surface area (Å²) in [4.78, 5) is 12.2. The van der Waals surface area contributed by atoms with Gasteiger partial charge in [0.05, 0.1) is 21.3 Å². The molecule has 1 aliphatic rings. The number of hydrogen-bond acceptors (Lipinski definition) is 5. The van der Waals surface area contributed by atoms with Crippen molar-refractivity contribution in [3.63, 3.8) is 0 Å². The highest BCUT2D eigenvalue weighted by molar-refractivity contribution is 5.77. The maximum atomic E-state index is 12.2. The molecule has 6 nitrogen and oxygen atoms in total. The lowest BCUT2D eigenvalue weighted by Crippen LogP contribution is -2.28. The minimum absolute atomic E-state index is 0.0246. The van der Waals surface area contributed by atoms with Crippen LogP contribution in [0.5, 0.6) is 23.0 Å². The third-order valence-corrected chi connectivity index (χ3v) is 4.90. The minimum atomic E-state index is -0.188. The fraction of sp³-hybridized carbons (Fsp3) is 0.409. The van der Waals surface area contributed by atoms with E-state index in [0.717, 1.165) is 24.2 Å². The molecule has 0 heterocycles. The van der Waals surface area contributed by atoms with E-state index in [4.69, 9.17) is 18.9 Å². The fourth-order valence-corrected chi connectivity index (χ4v) is 3.44. The molecule has 6 heteroatoms. The highest BCUT2D eigenvalue weighted by atomic mass is 16.5. The van der Waals surface area contributed by atoms with Gasteiger partial charge in [-0.25, -0.2) is 0 Å². The van der Waals surface area contributed by atoms with Crippen molar-refractivity contribution in [1.82, 2.24) is 5.32 Å². The maximum absolute atomic E-state index is 12.2. The van der Waals surface area contributed by atoms with Gasteiger partial charge in [-0.1, -0.05) is 6.07 Å². The molecule has 0 radical (unpaired) electrons. The van der Waals surface area contributed by atoms with Crippen molar-refractivity contribution in [2.24, 2.45) is 0 Å². The van der Waals surface area contributed by atoms with E-state index in [1.54, 1.807) is 21.3 Å². The van der Waals surface area contributed by atoms with Gasteiger partial charge < -0.3 is 24.3 Å². The lowest BCUT2D eigenvalue weighted by Gasteiger charge is -2.17. The van der Waals surface area contributed by atoms with Crippen LogP contribution in [0.1, 0.15) is 29.5 Å². The molecule has 2 aromatic rings. The Morgan fingerprint density at radius 1 is 0.929 bits per heavy atom. The standard InChI is InChI=1S/C22H27NO5/c1-25-19-10-15(11-20(26-2)22(19)27-3)13-23-21(24)14-28-18-9-8-16-6-4-5-7-17(16)12-18/h8-12H,4-7,13-14H2,1-3H3,(H,23,24). The van der Waals surface area contributed by atoms with Gasteiger partial charge in [-0.05, 0) is 66.6 Å². The number of fused-ring (bicyclic) bond motifs is 1. The zero-order valence-electron chi connectivity index (χ0n) is 16.7. The summed E-state index contributed by atoms with van der Waals surface area (Å²) in [5, 5.41) is 2.86. The SMILES string of the molecule is COc1cc(CNC(=O)COc2ccc3c(c2)CCCC3)cc(OC)c1OC. The summed E-state index contributed by atoms with van der Waals surface area (Å²) < 4.78 is 21.6. The van der Waals surface area contributed by atoms with Crippen LogP contribution in [0.15, 0.2) is 30.3 Å². The van der Waals surface area contributed by atoms with Crippen molar-refractivity contribution in [1.29, 1.82) is 0 Å². The van der Waals surface area contributed by atoms with E-state index in [9.17, 15) is 4.79 Å². The Morgan fingerprint density at radius 3 is 2.25 bits per heavy atom. The molecule has 0 saturated heterocycles. The van der Waals surface area contributed by atoms with E-state index in [0.29, 0.717) is 23.8 Å². The average Bonchev–Trinajstić information content (AvgIpc) is 2.75. The van der Waals surface area contributed by atoms with Gasteiger partial charge in [-0.2, -0.15) is 0 Å². The molecule has 2 aromatic carbocycles. The number of amides is 1. The summed E-state index contributed by atoms with van der Waals surface area (Å²) in [5.74, 6) is 2.18. The molecule has 0 saturated carbocycles. The Balaban J connectivity index is 1.56. The van der Waals surface area contributed by atoms with Crippen LogP contribution in [0, 0.1) is 0 Å². The summed E-state index contributed by atoms with van der Waals surface area (Å²) >= 11 is 0. The molecule has 1 aliphatic carbocycles. The van der Waals surface area contributed by atoms with Crippen molar-refractivity contribution in [3.05, 3.63) is 47.0 Å². The lowest BCUT2D eigenvalue weighted by molar-refractivity contribution is -0.123. The Hall–Kier alpha value is -2.89. The van der Waals surface area contributed by atoms with Gasteiger partial charge in [0.2, 0.25) is 5.75 Å². The predicted octanol–water partition coefficient (Wildman–Crippen LogP) is 3.29. The molecule has 0 fully saturated rings. The topological polar surface area (TPSA) is 66.0 Å². The number of hydrogen-bond donors (Lipinski definition) is 1. The summed E-state index contributed by atoms with van der Waals surface area (Å²) in [7, 11) is 4.68. The predicted molar refractivity (Wildman–Crippen MR) is 107 cm³/mol. The van der Waals surface area contributed by atoms with E-state index in [-0.39, 0.29) is 12.5 Å². The third kappa shape index (κ3) is 4.68. The first kappa shape index (κ1) is 19.9. The van der Waals surface area contributed by atoms with E-state index >= 15 is 0 Å². The second-order valence-corrected chi connectivity index (χ2v) is 6.74. The first-order valence-corrected chi connectivity index (χ1v) is 9.44. The molecule has 0 atom stereocenters. The van der Waals surface area contributed by atoms with Gasteiger partial charge in [0.1, 0.15) is 5.75 Å². The van der Waals surface area contributed by atoms with E-state index in [1.165, 1.54) is 24.0 Å². The number of rotatable bonds is 8. The molecule has 0 spiro atoms. The zero-order chi connectivity index (χ0) is 19.9. The van der Waals surface area contributed by atoms with Crippen molar-refractivity contribution >= 4 is 5.91 Å². The molecule has 0 bridgehead atoms. The fourth-order valence-electron chi connectivity index (χ4n) is 3.44. The normalized spacial score (nSPS) is 12.7. The number of benzene rings is 2. The number of nitrogens with one attached hydrogen (secondary N) is 1. The van der Waals surface area contributed by atoms with E-state index < -0.39 is 0 Å². The molecule has 1 N–H and O–H groups in total. The third-order valence-electron chi connectivity index (χ3n) is 4.90. The van der Waals surface area contributed by atoms with Gasteiger partial charge >= 0.3 is 0 Å². The van der Waals surface area contributed by atoms with E-state index in [2.05, 4.69) is 17.4 Å². The molecule has 150 valence electrons. The molecule has 0 aromatic heterocycles. The van der Waals surface area contributed by atoms with Crippen molar-refractivity contribution in [2.45, 2.75) is 32.2 Å². The second kappa shape index (κ2) is 9.35. The summed E-state index contributed by atoms with van der Waals surface area (Å²) in [6.45, 7) is 0.312. The number of aryl methyl sites for hydroxylation is 2. The monoisotopic (exact) mass is 385 g/mol. The highest BCUT2D eigenvalue weighted by Crippen LogP contribution is 2.38. The van der Waals surface area contributed by atoms with Crippen LogP contribution in [-0.2, 0) is 24.2 Å². The summed E-state index contributed by atoms with van der Waals surface area (Å²) in [5.41, 5.74) is 3.57. The molecule has 1 amide bonds. The van der Waals surface area contributed by atoms with Crippen molar-refractivity contribution < 1.29 is 23.7 Å². The van der Waals surface area contributed by atoms with Crippen molar-refractivity contribution in [3.8, 4) is 23.0 Å². The quantitative estimate of drug-likeness (QED) is 0.755. The van der Waals surface area contributed by atoms with Crippen LogP contribution in [0.4, 0.5) is 0 Å². The van der Waals surface area contributed by atoms with Crippen molar-refractivity contribution in [2.75, 3.05) is 27.9 Å². The van der Waals surface area contributed by atoms with E-state index in [1.807, 2.05) is 18.2 Å². The molecule has 3 rings (SSSR count). The highest BCUT2D eigenvalue weighted by Gasteiger charge is 2.14. The average molecular weight is 385 g/mol. The Bertz CT molecular complexity index is 809. The molecular weight excluding hydrogens is 358 g/mol. The lowest BCUT2D eigenvalue weighted by atomic mass is 9.92. The smallest absolute Gasteiger partial charge is 0.258 e. The second-order valence-electron chi connectivity index (χ2n) is 6.74. The van der Waals surface area contributed by atoms with Crippen LogP contribution in [0.25, 0.3) is 0 Å². The number of carbonyl (C=O) groups is 1. The largest absolute Gasteiger partial charge is 0.493 e. The van der Waals surface area contributed by atoms with Crippen LogP contribution in [0.3, 0.4) is 0 Å². The van der Waals surface area contributed by atoms with Crippen LogP contribution in [0.2, 0.25) is 0 Å². The Morgan fingerprint density at radius 2 is 1.61 bits per heavy atom. The Labute approximate surface area is 165 Å². The number of carbonyl (C=O) groups excluding carboxylic acids is 1. The number of methoxy groups -OCH3 is 3. The van der Waals surface area contributed by atoms with Crippen LogP contribution < -0.4 is 24.3 Å². The molecule has 0 unspecified atom stereocenters. The molecule has 28 heavy (non-hydrogen) atoms. The van der Waals surface area contributed by atoms with Crippen LogP contribution in [-0.4, -0.2) is 33.8 Å². The minimum Gasteiger partial charge on any atom is -0.493 e. The molecule has 0 aliphatic heterocycles. The zero-order valence-corrected chi connectivity index (χ0v) is 16.7. The van der Waals surface area contributed by atoms with Crippen LogP contribution >= 0.6 is 0 Å². The van der Waals surface area contributed by atoms with Gasteiger partial charge in [0.25, 0.3) is 5.91 Å².